The highest BCUT2D eigenvalue weighted by Crippen LogP contribution is 2.57. The van der Waals surface area contributed by atoms with E-state index in [1.807, 2.05) is 11.9 Å². The van der Waals surface area contributed by atoms with Gasteiger partial charge in [-0.1, -0.05) is 12.8 Å². The monoisotopic (exact) mass is 433 g/mol. The quantitative estimate of drug-likeness (QED) is 0.733. The maximum absolute atomic E-state index is 13.6. The van der Waals surface area contributed by atoms with Crippen LogP contribution in [0.25, 0.3) is 0 Å². The zero-order valence-electron chi connectivity index (χ0n) is 17.7. The van der Waals surface area contributed by atoms with Crippen molar-refractivity contribution in [1.29, 1.82) is 0 Å². The van der Waals surface area contributed by atoms with Crippen LogP contribution >= 0.6 is 0 Å². The van der Waals surface area contributed by atoms with Crippen LogP contribution in [0.3, 0.4) is 0 Å². The Morgan fingerprint density at radius 1 is 1.17 bits per heavy atom. The van der Waals surface area contributed by atoms with E-state index in [-0.39, 0.29) is 23.0 Å². The van der Waals surface area contributed by atoms with Crippen LogP contribution in [-0.2, 0) is 9.84 Å². The molecule has 5 saturated carbocycles. The van der Waals surface area contributed by atoms with Crippen molar-refractivity contribution in [2.45, 2.75) is 80.5 Å². The van der Waals surface area contributed by atoms with E-state index < -0.39 is 15.4 Å². The molecule has 5 fully saturated rings. The summed E-state index contributed by atoms with van der Waals surface area (Å²) in [6, 6.07) is 0.125. The molecule has 164 valence electrons. The van der Waals surface area contributed by atoms with E-state index in [0.29, 0.717) is 29.0 Å². The van der Waals surface area contributed by atoms with Crippen LogP contribution in [-0.4, -0.2) is 59.2 Å². The molecule has 6 rings (SSSR count). The molecule has 8 heteroatoms. The molecule has 1 aromatic rings. The zero-order chi connectivity index (χ0) is 21.3. The van der Waals surface area contributed by atoms with Gasteiger partial charge >= 0.3 is 0 Å². The number of aromatic nitrogens is 2. The number of nitrogens with zero attached hydrogens (tertiary/aromatic N) is 3. The molecular formula is C22H31N3O4S. The maximum atomic E-state index is 13.6. The molecule has 4 bridgehead atoms. The second kappa shape index (κ2) is 6.99. The molecule has 0 aromatic carbocycles. The summed E-state index contributed by atoms with van der Waals surface area (Å²) < 4.78 is 24.0. The Bertz CT molecular complexity index is 957. The highest BCUT2D eigenvalue weighted by atomic mass is 32.2. The first-order chi connectivity index (χ1) is 14.1. The van der Waals surface area contributed by atoms with Crippen LogP contribution in [0.2, 0.25) is 0 Å². The molecule has 5 aliphatic rings. The molecule has 0 spiro atoms. The maximum Gasteiger partial charge on any atom is 0.257 e. The number of hydrogen-bond acceptors (Lipinski definition) is 6. The van der Waals surface area contributed by atoms with Gasteiger partial charge in [-0.25, -0.2) is 18.4 Å². The van der Waals surface area contributed by atoms with Crippen molar-refractivity contribution >= 4 is 15.7 Å². The van der Waals surface area contributed by atoms with Crippen molar-refractivity contribution in [2.24, 2.45) is 17.8 Å². The highest BCUT2D eigenvalue weighted by molar-refractivity contribution is 7.90. The van der Waals surface area contributed by atoms with E-state index in [9.17, 15) is 18.3 Å². The Morgan fingerprint density at radius 2 is 1.80 bits per heavy atom. The number of amides is 1. The minimum Gasteiger partial charge on any atom is -0.390 e. The second-order valence-electron chi connectivity index (χ2n) is 10.3. The van der Waals surface area contributed by atoms with E-state index in [0.717, 1.165) is 64.0 Å². The fraction of sp³-hybridized carbons (Fsp3) is 0.773. The molecular weight excluding hydrogens is 402 g/mol. The van der Waals surface area contributed by atoms with Crippen molar-refractivity contribution in [1.82, 2.24) is 14.9 Å². The Labute approximate surface area is 178 Å². The SMILES string of the molecule is CN(C(=O)c1cnc(S(C)(=O)=O)nc1C1CCCC1)[C@H]1C2CC3CC1C[C@@](O)(C3)C2. The molecule has 2 atom stereocenters. The summed E-state index contributed by atoms with van der Waals surface area (Å²) in [4.78, 5) is 23.9. The number of sulfone groups is 1. The molecule has 5 aliphatic carbocycles. The molecule has 1 aromatic heterocycles. The van der Waals surface area contributed by atoms with Crippen LogP contribution in [0.15, 0.2) is 11.4 Å². The van der Waals surface area contributed by atoms with Crippen LogP contribution in [0.4, 0.5) is 0 Å². The summed E-state index contributed by atoms with van der Waals surface area (Å²) in [6.07, 6.45) is 11.2. The number of rotatable bonds is 4. The highest BCUT2D eigenvalue weighted by Gasteiger charge is 2.56. The zero-order valence-corrected chi connectivity index (χ0v) is 18.6. The van der Waals surface area contributed by atoms with Gasteiger partial charge in [0, 0.05) is 31.5 Å². The molecule has 1 amide bonds. The molecule has 30 heavy (non-hydrogen) atoms. The lowest BCUT2D eigenvalue weighted by atomic mass is 9.52. The minimum absolute atomic E-state index is 0.110. The van der Waals surface area contributed by atoms with E-state index in [4.69, 9.17) is 0 Å². The average molecular weight is 434 g/mol. The summed E-state index contributed by atoms with van der Waals surface area (Å²) in [5.74, 6) is 1.25. The third-order valence-corrected chi connectivity index (χ3v) is 8.92. The lowest BCUT2D eigenvalue weighted by molar-refractivity contribution is -0.152. The van der Waals surface area contributed by atoms with Crippen molar-refractivity contribution in [2.75, 3.05) is 13.3 Å². The Morgan fingerprint density at radius 3 is 2.37 bits per heavy atom. The average Bonchev–Trinajstić information content (AvgIpc) is 3.19. The Balaban J connectivity index is 1.47. The van der Waals surface area contributed by atoms with Gasteiger partial charge in [0.2, 0.25) is 15.0 Å². The summed E-state index contributed by atoms with van der Waals surface area (Å²) >= 11 is 0. The van der Waals surface area contributed by atoms with Crippen molar-refractivity contribution in [3.8, 4) is 0 Å². The van der Waals surface area contributed by atoms with Crippen LogP contribution in [0.1, 0.15) is 79.8 Å². The predicted molar refractivity (Wildman–Crippen MR) is 111 cm³/mol. The van der Waals surface area contributed by atoms with Crippen LogP contribution < -0.4 is 0 Å². The van der Waals surface area contributed by atoms with Crippen LogP contribution in [0.5, 0.6) is 0 Å². The van der Waals surface area contributed by atoms with Gasteiger partial charge in [0.05, 0.1) is 16.9 Å². The summed E-state index contributed by atoms with van der Waals surface area (Å²) in [6.45, 7) is 0. The second-order valence-corrected chi connectivity index (χ2v) is 12.2. The Hall–Kier alpha value is -1.54. The van der Waals surface area contributed by atoms with Gasteiger partial charge < -0.3 is 10.0 Å². The van der Waals surface area contributed by atoms with Crippen molar-refractivity contribution in [3.05, 3.63) is 17.5 Å². The number of carbonyl (C=O) groups excluding carboxylic acids is 1. The van der Waals surface area contributed by atoms with Gasteiger partial charge in [-0.3, -0.25) is 4.79 Å². The van der Waals surface area contributed by atoms with E-state index >= 15 is 0 Å². The fourth-order valence-electron chi connectivity index (χ4n) is 7.14. The molecule has 1 N–H and O–H groups in total. The summed E-state index contributed by atoms with van der Waals surface area (Å²) in [5, 5.41) is 10.7. The Kier molecular flexibility index (Phi) is 4.74. The first kappa shape index (κ1) is 20.4. The standard InChI is InChI=1S/C22H31N3O4S/c1-25(19-15-7-13-8-16(19)11-22(27,9-13)10-15)20(26)17-12-23-21(30(2,28)29)24-18(17)14-5-3-4-6-14/h12-16,19,27H,3-11H2,1-2H3/t13?,15?,16?,19-,22+. The van der Waals surface area contributed by atoms with Crippen LogP contribution in [0, 0.1) is 17.8 Å². The normalized spacial score (nSPS) is 35.7. The number of carbonyl (C=O) groups is 1. The molecule has 1 heterocycles. The first-order valence-corrected chi connectivity index (χ1v) is 13.1. The smallest absolute Gasteiger partial charge is 0.257 e. The lowest BCUT2D eigenvalue weighted by Crippen LogP contribution is -2.61. The third-order valence-electron chi connectivity index (χ3n) is 8.06. The van der Waals surface area contributed by atoms with Gasteiger partial charge in [-0.2, -0.15) is 0 Å². The molecule has 0 saturated heterocycles. The summed E-state index contributed by atoms with van der Waals surface area (Å²) in [7, 11) is -1.67. The van der Waals surface area contributed by atoms with Gasteiger partial charge in [-0.05, 0) is 62.7 Å². The molecule has 2 unspecified atom stereocenters. The lowest BCUT2D eigenvalue weighted by Gasteiger charge is -2.59. The number of aliphatic hydroxyl groups is 1. The molecule has 0 radical (unpaired) electrons. The molecule has 7 nitrogen and oxygen atoms in total. The van der Waals surface area contributed by atoms with E-state index in [1.165, 1.54) is 6.20 Å². The predicted octanol–water partition coefficient (Wildman–Crippen LogP) is 2.55. The third kappa shape index (κ3) is 3.36. The molecule has 0 aliphatic heterocycles. The van der Waals surface area contributed by atoms with Gasteiger partial charge in [0.25, 0.3) is 5.91 Å². The largest absolute Gasteiger partial charge is 0.390 e. The van der Waals surface area contributed by atoms with Crippen molar-refractivity contribution < 1.29 is 18.3 Å². The number of hydrogen-bond donors (Lipinski definition) is 1. The van der Waals surface area contributed by atoms with Crippen molar-refractivity contribution in [3.63, 3.8) is 0 Å². The van der Waals surface area contributed by atoms with E-state index in [2.05, 4.69) is 9.97 Å². The first-order valence-electron chi connectivity index (χ1n) is 11.2. The minimum atomic E-state index is -3.53. The van der Waals surface area contributed by atoms with Gasteiger partial charge in [0.1, 0.15) is 0 Å². The topological polar surface area (TPSA) is 100 Å². The van der Waals surface area contributed by atoms with Gasteiger partial charge in [-0.15, -0.1) is 0 Å². The fourth-order valence-corrected chi connectivity index (χ4v) is 7.65. The summed E-state index contributed by atoms with van der Waals surface area (Å²) in [5.41, 5.74) is 0.512. The van der Waals surface area contributed by atoms with Gasteiger partial charge in [0.15, 0.2) is 0 Å². The van der Waals surface area contributed by atoms with E-state index in [1.54, 1.807) is 0 Å².